The molecule has 24 heavy (non-hydrogen) atoms. The van der Waals surface area contributed by atoms with Crippen LogP contribution < -0.4 is 0 Å². The summed E-state index contributed by atoms with van der Waals surface area (Å²) < 4.78 is 7.66. The second kappa shape index (κ2) is 5.66. The highest BCUT2D eigenvalue weighted by Gasteiger charge is 2.28. The Bertz CT molecular complexity index is 857. The smallest absolute Gasteiger partial charge is 0.161 e. The number of fused-ring (bicyclic) bond motifs is 1. The first kappa shape index (κ1) is 14.1. The van der Waals surface area contributed by atoms with E-state index in [1.807, 2.05) is 12.1 Å². The average Bonchev–Trinajstić information content (AvgIpc) is 3.41. The monoisotopic (exact) mass is 324 g/mol. The van der Waals surface area contributed by atoms with Gasteiger partial charge in [-0.05, 0) is 31.4 Å². The molecule has 2 aliphatic rings. The Morgan fingerprint density at radius 3 is 2.88 bits per heavy atom. The summed E-state index contributed by atoms with van der Waals surface area (Å²) in [5.41, 5.74) is 2.69. The first-order valence-corrected chi connectivity index (χ1v) is 8.74. The second-order valence-electron chi connectivity index (χ2n) is 6.73. The summed E-state index contributed by atoms with van der Waals surface area (Å²) in [7, 11) is 0. The summed E-state index contributed by atoms with van der Waals surface area (Å²) in [4.78, 5) is 4.95. The molecule has 124 valence electrons. The molecule has 1 aliphatic heterocycles. The standard InChI is InChI=1S/C17H20N6O/c1-2-5-11(4-1)16-18-17(23(21-16)12-8-9-24-10-12)13-6-3-7-14-15(13)20-22-19-14/h3,6-7,11-12H,1-2,4-5,8-10H2,(H,19,20,22). The largest absolute Gasteiger partial charge is 0.379 e. The van der Waals surface area contributed by atoms with Gasteiger partial charge in [-0.1, -0.05) is 18.9 Å². The average molecular weight is 324 g/mol. The van der Waals surface area contributed by atoms with Crippen molar-refractivity contribution in [3.05, 3.63) is 24.0 Å². The molecule has 1 unspecified atom stereocenters. The fourth-order valence-corrected chi connectivity index (χ4v) is 3.90. The summed E-state index contributed by atoms with van der Waals surface area (Å²) in [5, 5.41) is 16.1. The SMILES string of the molecule is c1cc(-c2nc(C3CCCC3)nn2C2CCOC2)c2n[nH]nc2c1. The summed E-state index contributed by atoms with van der Waals surface area (Å²) in [6, 6.07) is 6.27. The summed E-state index contributed by atoms with van der Waals surface area (Å²) in [6.45, 7) is 1.49. The number of ether oxygens (including phenoxy) is 1. The van der Waals surface area contributed by atoms with Gasteiger partial charge >= 0.3 is 0 Å². The molecule has 3 aromatic rings. The van der Waals surface area contributed by atoms with Crippen LogP contribution in [0, 0.1) is 0 Å². The quantitative estimate of drug-likeness (QED) is 0.801. The molecule has 1 aliphatic carbocycles. The number of rotatable bonds is 3. The van der Waals surface area contributed by atoms with Gasteiger partial charge in [-0.3, -0.25) is 0 Å². The van der Waals surface area contributed by atoms with Crippen LogP contribution in [0.5, 0.6) is 0 Å². The van der Waals surface area contributed by atoms with Gasteiger partial charge in [0.1, 0.15) is 11.0 Å². The van der Waals surface area contributed by atoms with Crippen molar-refractivity contribution in [3.63, 3.8) is 0 Å². The van der Waals surface area contributed by atoms with Gasteiger partial charge in [-0.25, -0.2) is 9.67 Å². The minimum Gasteiger partial charge on any atom is -0.379 e. The molecular weight excluding hydrogens is 304 g/mol. The maximum Gasteiger partial charge on any atom is 0.161 e. The number of aromatic amines is 1. The van der Waals surface area contributed by atoms with E-state index in [9.17, 15) is 0 Å². The molecule has 2 fully saturated rings. The minimum atomic E-state index is 0.254. The van der Waals surface area contributed by atoms with E-state index in [2.05, 4.69) is 26.2 Å². The number of hydrogen-bond donors (Lipinski definition) is 1. The maximum atomic E-state index is 5.59. The molecular formula is C17H20N6O. The molecule has 7 heteroatoms. The third-order valence-corrected chi connectivity index (χ3v) is 5.21. The van der Waals surface area contributed by atoms with E-state index in [0.29, 0.717) is 12.5 Å². The highest BCUT2D eigenvalue weighted by molar-refractivity contribution is 5.89. The van der Waals surface area contributed by atoms with Crippen LogP contribution in [0.2, 0.25) is 0 Å². The number of benzene rings is 1. The Balaban J connectivity index is 1.66. The zero-order chi connectivity index (χ0) is 15.9. The van der Waals surface area contributed by atoms with Gasteiger partial charge in [0.15, 0.2) is 11.6 Å². The van der Waals surface area contributed by atoms with Crippen molar-refractivity contribution in [2.45, 2.75) is 44.1 Å². The van der Waals surface area contributed by atoms with Crippen LogP contribution in [0.3, 0.4) is 0 Å². The summed E-state index contributed by atoms with van der Waals surface area (Å²) in [6.07, 6.45) is 5.92. The molecule has 1 aromatic carbocycles. The van der Waals surface area contributed by atoms with E-state index in [1.54, 1.807) is 0 Å². The molecule has 7 nitrogen and oxygen atoms in total. The van der Waals surface area contributed by atoms with Gasteiger partial charge in [-0.2, -0.15) is 20.5 Å². The number of H-pyrrole nitrogens is 1. The molecule has 2 aromatic heterocycles. The third-order valence-electron chi connectivity index (χ3n) is 5.21. The molecule has 0 spiro atoms. The number of para-hydroxylation sites is 1. The van der Waals surface area contributed by atoms with E-state index in [1.165, 1.54) is 25.7 Å². The maximum absolute atomic E-state index is 5.59. The minimum absolute atomic E-state index is 0.254. The lowest BCUT2D eigenvalue weighted by Gasteiger charge is -2.11. The van der Waals surface area contributed by atoms with E-state index in [4.69, 9.17) is 14.8 Å². The van der Waals surface area contributed by atoms with Crippen LogP contribution >= 0.6 is 0 Å². The van der Waals surface area contributed by atoms with E-state index in [-0.39, 0.29) is 6.04 Å². The molecule has 1 saturated heterocycles. The van der Waals surface area contributed by atoms with Gasteiger partial charge in [0.2, 0.25) is 0 Å². The Hall–Kier alpha value is -2.28. The van der Waals surface area contributed by atoms with Crippen LogP contribution in [0.25, 0.3) is 22.4 Å². The zero-order valence-corrected chi connectivity index (χ0v) is 13.5. The van der Waals surface area contributed by atoms with Crippen molar-refractivity contribution < 1.29 is 4.74 Å². The first-order valence-electron chi connectivity index (χ1n) is 8.74. The molecule has 0 amide bonds. The van der Waals surface area contributed by atoms with Crippen molar-refractivity contribution in [2.24, 2.45) is 0 Å². The molecule has 0 bridgehead atoms. The molecule has 1 saturated carbocycles. The molecule has 1 atom stereocenters. The van der Waals surface area contributed by atoms with Crippen LogP contribution in [0.1, 0.15) is 49.9 Å². The molecule has 0 radical (unpaired) electrons. The predicted octanol–water partition coefficient (Wildman–Crippen LogP) is 2.84. The third kappa shape index (κ3) is 2.23. The molecule has 3 heterocycles. The Kier molecular flexibility index (Phi) is 3.33. The van der Waals surface area contributed by atoms with Gasteiger partial charge < -0.3 is 4.74 Å². The van der Waals surface area contributed by atoms with Crippen molar-refractivity contribution in [2.75, 3.05) is 13.2 Å². The summed E-state index contributed by atoms with van der Waals surface area (Å²) >= 11 is 0. The number of aromatic nitrogens is 6. The van der Waals surface area contributed by atoms with E-state index >= 15 is 0 Å². The lowest BCUT2D eigenvalue weighted by Crippen LogP contribution is -2.12. The van der Waals surface area contributed by atoms with Crippen molar-refractivity contribution >= 4 is 11.0 Å². The topological polar surface area (TPSA) is 81.5 Å². The molecule has 1 N–H and O–H groups in total. The highest BCUT2D eigenvalue weighted by atomic mass is 16.5. The fraction of sp³-hybridized carbons (Fsp3) is 0.529. The lowest BCUT2D eigenvalue weighted by molar-refractivity contribution is 0.184. The van der Waals surface area contributed by atoms with Gasteiger partial charge in [0, 0.05) is 18.1 Å². The van der Waals surface area contributed by atoms with Gasteiger partial charge in [-0.15, -0.1) is 0 Å². The van der Waals surface area contributed by atoms with E-state index < -0.39 is 0 Å². The predicted molar refractivity (Wildman–Crippen MR) is 88.6 cm³/mol. The number of nitrogens with zero attached hydrogens (tertiary/aromatic N) is 5. The van der Waals surface area contributed by atoms with Crippen molar-refractivity contribution in [1.29, 1.82) is 0 Å². The molecule has 5 rings (SSSR count). The van der Waals surface area contributed by atoms with Gasteiger partial charge in [0.05, 0.1) is 12.6 Å². The van der Waals surface area contributed by atoms with Crippen molar-refractivity contribution in [3.8, 4) is 11.4 Å². The first-order chi connectivity index (χ1) is 11.9. The second-order valence-corrected chi connectivity index (χ2v) is 6.73. The highest BCUT2D eigenvalue weighted by Crippen LogP contribution is 2.36. The van der Waals surface area contributed by atoms with E-state index in [0.717, 1.165) is 41.3 Å². The van der Waals surface area contributed by atoms with Crippen LogP contribution in [0.15, 0.2) is 18.2 Å². The summed E-state index contributed by atoms with van der Waals surface area (Å²) in [5.74, 6) is 2.37. The van der Waals surface area contributed by atoms with Gasteiger partial charge in [0.25, 0.3) is 0 Å². The Morgan fingerprint density at radius 2 is 2.04 bits per heavy atom. The zero-order valence-electron chi connectivity index (χ0n) is 13.5. The normalized spacial score (nSPS) is 21.9. The number of hydrogen-bond acceptors (Lipinski definition) is 5. The van der Waals surface area contributed by atoms with Crippen LogP contribution in [-0.4, -0.2) is 43.4 Å². The lowest BCUT2D eigenvalue weighted by atomic mass is 10.1. The Morgan fingerprint density at radius 1 is 1.12 bits per heavy atom. The van der Waals surface area contributed by atoms with Crippen LogP contribution in [0.4, 0.5) is 0 Å². The van der Waals surface area contributed by atoms with Crippen LogP contribution in [-0.2, 0) is 4.74 Å². The Labute approximate surface area is 139 Å². The fourth-order valence-electron chi connectivity index (χ4n) is 3.90. The number of nitrogens with one attached hydrogen (secondary N) is 1. The van der Waals surface area contributed by atoms with Crippen molar-refractivity contribution in [1.82, 2.24) is 30.2 Å².